The number of nitrogens with zero attached hydrogens (tertiary/aromatic N) is 1. The van der Waals surface area contributed by atoms with Gasteiger partial charge in [-0.05, 0) is 30.3 Å². The van der Waals surface area contributed by atoms with E-state index in [1.807, 2.05) is 18.2 Å². The SMILES string of the molecule is O=C(c1ccc2cccnc2c1)c1ccc(F)cc1Cl. The molecule has 0 atom stereocenters. The summed E-state index contributed by atoms with van der Waals surface area (Å²) in [5.41, 5.74) is 1.49. The van der Waals surface area contributed by atoms with Crippen LogP contribution < -0.4 is 0 Å². The Morgan fingerprint density at radius 3 is 2.75 bits per heavy atom. The number of ketones is 1. The second-order valence-corrected chi connectivity index (χ2v) is 4.77. The molecule has 1 aromatic heterocycles. The molecule has 0 spiro atoms. The molecule has 0 unspecified atom stereocenters. The fraction of sp³-hybridized carbons (Fsp3) is 0. The molecule has 0 aliphatic carbocycles. The van der Waals surface area contributed by atoms with E-state index in [9.17, 15) is 9.18 Å². The third-order valence-corrected chi connectivity index (χ3v) is 3.36. The Labute approximate surface area is 119 Å². The molecule has 2 aromatic carbocycles. The summed E-state index contributed by atoms with van der Waals surface area (Å²) in [6.07, 6.45) is 1.67. The molecule has 2 nitrogen and oxygen atoms in total. The Morgan fingerprint density at radius 1 is 1.10 bits per heavy atom. The Hall–Kier alpha value is -2.26. The van der Waals surface area contributed by atoms with Crippen LogP contribution in [0.5, 0.6) is 0 Å². The lowest BCUT2D eigenvalue weighted by Crippen LogP contribution is -2.02. The minimum Gasteiger partial charge on any atom is -0.289 e. The van der Waals surface area contributed by atoms with Gasteiger partial charge in [-0.2, -0.15) is 0 Å². The lowest BCUT2D eigenvalue weighted by atomic mass is 10.0. The molecule has 0 bridgehead atoms. The van der Waals surface area contributed by atoms with Crippen molar-refractivity contribution in [3.63, 3.8) is 0 Å². The summed E-state index contributed by atoms with van der Waals surface area (Å²) in [6, 6.07) is 12.7. The molecule has 1 heterocycles. The minimum absolute atomic E-state index is 0.108. The molecule has 0 aliphatic rings. The van der Waals surface area contributed by atoms with Crippen LogP contribution in [0.2, 0.25) is 5.02 Å². The first kappa shape index (κ1) is 12.8. The second kappa shape index (κ2) is 5.02. The van der Waals surface area contributed by atoms with Crippen molar-refractivity contribution in [2.45, 2.75) is 0 Å². The van der Waals surface area contributed by atoms with Gasteiger partial charge in [0, 0.05) is 22.7 Å². The van der Waals surface area contributed by atoms with Crippen LogP contribution in [0.4, 0.5) is 4.39 Å². The largest absolute Gasteiger partial charge is 0.289 e. The van der Waals surface area contributed by atoms with Crippen molar-refractivity contribution in [1.82, 2.24) is 4.98 Å². The number of fused-ring (bicyclic) bond motifs is 1. The van der Waals surface area contributed by atoms with Gasteiger partial charge in [0.05, 0.1) is 10.5 Å². The average molecular weight is 286 g/mol. The van der Waals surface area contributed by atoms with E-state index in [2.05, 4.69) is 4.98 Å². The molecule has 3 aromatic rings. The van der Waals surface area contributed by atoms with Gasteiger partial charge >= 0.3 is 0 Å². The third kappa shape index (κ3) is 2.28. The molecular formula is C16H9ClFNO. The van der Waals surface area contributed by atoms with E-state index < -0.39 is 5.82 Å². The molecule has 20 heavy (non-hydrogen) atoms. The van der Waals surface area contributed by atoms with Gasteiger partial charge in [0.1, 0.15) is 5.82 Å². The first-order chi connectivity index (χ1) is 9.65. The molecule has 0 amide bonds. The number of aromatic nitrogens is 1. The predicted octanol–water partition coefficient (Wildman–Crippen LogP) is 4.26. The number of pyridine rings is 1. The summed E-state index contributed by atoms with van der Waals surface area (Å²) in [4.78, 5) is 16.6. The van der Waals surface area contributed by atoms with Crippen LogP contribution in [0.15, 0.2) is 54.7 Å². The lowest BCUT2D eigenvalue weighted by Gasteiger charge is -2.05. The number of halogens is 2. The first-order valence-electron chi connectivity index (χ1n) is 6.00. The quantitative estimate of drug-likeness (QED) is 0.659. The third-order valence-electron chi connectivity index (χ3n) is 3.04. The maximum Gasteiger partial charge on any atom is 0.194 e. The Kier molecular flexibility index (Phi) is 3.20. The molecular weight excluding hydrogens is 277 g/mol. The molecule has 0 aliphatic heterocycles. The van der Waals surface area contributed by atoms with Crippen molar-refractivity contribution in [3.05, 3.63) is 76.7 Å². The number of hydrogen-bond acceptors (Lipinski definition) is 2. The van der Waals surface area contributed by atoms with Gasteiger partial charge in [-0.1, -0.05) is 29.8 Å². The second-order valence-electron chi connectivity index (χ2n) is 4.36. The Bertz CT molecular complexity index is 816. The number of hydrogen-bond donors (Lipinski definition) is 0. The van der Waals surface area contributed by atoms with Gasteiger partial charge in [0.25, 0.3) is 0 Å². The monoisotopic (exact) mass is 285 g/mol. The average Bonchev–Trinajstić information content (AvgIpc) is 2.46. The van der Waals surface area contributed by atoms with E-state index in [1.165, 1.54) is 12.1 Å². The van der Waals surface area contributed by atoms with Crippen molar-refractivity contribution in [1.29, 1.82) is 0 Å². The van der Waals surface area contributed by atoms with Crippen molar-refractivity contribution >= 4 is 28.3 Å². The Balaban J connectivity index is 2.08. The van der Waals surface area contributed by atoms with Gasteiger partial charge in [-0.3, -0.25) is 9.78 Å². The standard InChI is InChI=1S/C16H9ClFNO/c17-14-9-12(18)5-6-13(14)16(20)11-4-3-10-2-1-7-19-15(10)8-11/h1-9H. The van der Waals surface area contributed by atoms with Crippen molar-refractivity contribution < 1.29 is 9.18 Å². The number of benzene rings is 2. The first-order valence-corrected chi connectivity index (χ1v) is 6.37. The van der Waals surface area contributed by atoms with E-state index in [0.717, 1.165) is 17.0 Å². The summed E-state index contributed by atoms with van der Waals surface area (Å²) in [5.74, 6) is -0.714. The summed E-state index contributed by atoms with van der Waals surface area (Å²) >= 11 is 5.92. The van der Waals surface area contributed by atoms with Gasteiger partial charge < -0.3 is 0 Å². The highest BCUT2D eigenvalue weighted by atomic mass is 35.5. The van der Waals surface area contributed by atoms with Crippen molar-refractivity contribution in [2.24, 2.45) is 0 Å². The van der Waals surface area contributed by atoms with Gasteiger partial charge in [0.2, 0.25) is 0 Å². The van der Waals surface area contributed by atoms with E-state index in [4.69, 9.17) is 11.6 Å². The van der Waals surface area contributed by atoms with Crippen LogP contribution in [0, 0.1) is 5.82 Å². The molecule has 0 saturated carbocycles. The Morgan fingerprint density at radius 2 is 1.95 bits per heavy atom. The lowest BCUT2D eigenvalue weighted by molar-refractivity contribution is 0.103. The van der Waals surface area contributed by atoms with Crippen LogP contribution in [-0.2, 0) is 0 Å². The maximum atomic E-state index is 13.0. The van der Waals surface area contributed by atoms with Crippen LogP contribution >= 0.6 is 11.6 Å². The fourth-order valence-corrected chi connectivity index (χ4v) is 2.29. The molecule has 0 N–H and O–H groups in total. The fourth-order valence-electron chi connectivity index (χ4n) is 2.04. The van der Waals surface area contributed by atoms with Gasteiger partial charge in [-0.15, -0.1) is 0 Å². The van der Waals surface area contributed by atoms with E-state index in [1.54, 1.807) is 18.3 Å². The van der Waals surface area contributed by atoms with Crippen LogP contribution in [0.25, 0.3) is 10.9 Å². The van der Waals surface area contributed by atoms with Crippen LogP contribution in [-0.4, -0.2) is 10.8 Å². The smallest absolute Gasteiger partial charge is 0.194 e. The van der Waals surface area contributed by atoms with Crippen LogP contribution in [0.3, 0.4) is 0 Å². The summed E-state index contributed by atoms with van der Waals surface area (Å²) in [7, 11) is 0. The van der Waals surface area contributed by atoms with E-state index in [0.29, 0.717) is 5.56 Å². The predicted molar refractivity (Wildman–Crippen MR) is 76.6 cm³/mol. The van der Waals surface area contributed by atoms with Crippen molar-refractivity contribution in [3.8, 4) is 0 Å². The zero-order valence-corrected chi connectivity index (χ0v) is 11.1. The highest BCUT2D eigenvalue weighted by Gasteiger charge is 2.14. The normalized spacial score (nSPS) is 10.7. The van der Waals surface area contributed by atoms with E-state index >= 15 is 0 Å². The zero-order valence-electron chi connectivity index (χ0n) is 10.3. The molecule has 98 valence electrons. The molecule has 0 fully saturated rings. The van der Waals surface area contributed by atoms with Crippen molar-refractivity contribution in [2.75, 3.05) is 0 Å². The summed E-state index contributed by atoms with van der Waals surface area (Å²) in [6.45, 7) is 0. The minimum atomic E-state index is -0.466. The summed E-state index contributed by atoms with van der Waals surface area (Å²) in [5, 5.41) is 1.06. The van der Waals surface area contributed by atoms with Gasteiger partial charge in [-0.25, -0.2) is 4.39 Å². The molecule has 4 heteroatoms. The molecule has 3 rings (SSSR count). The van der Waals surface area contributed by atoms with Crippen LogP contribution in [0.1, 0.15) is 15.9 Å². The highest BCUT2D eigenvalue weighted by molar-refractivity contribution is 6.35. The molecule has 0 radical (unpaired) electrons. The number of carbonyl (C=O) groups is 1. The number of rotatable bonds is 2. The summed E-state index contributed by atoms with van der Waals surface area (Å²) < 4.78 is 13.0. The van der Waals surface area contributed by atoms with E-state index in [-0.39, 0.29) is 16.4 Å². The molecule has 0 saturated heterocycles. The van der Waals surface area contributed by atoms with Gasteiger partial charge in [0.15, 0.2) is 5.78 Å². The zero-order chi connectivity index (χ0) is 14.1. The highest BCUT2D eigenvalue weighted by Crippen LogP contribution is 2.22. The number of carbonyl (C=O) groups excluding carboxylic acids is 1. The maximum absolute atomic E-state index is 13.0. The topological polar surface area (TPSA) is 30.0 Å².